The molecule has 0 bridgehead atoms. The van der Waals surface area contributed by atoms with Gasteiger partial charge >= 0.3 is 11.9 Å². The van der Waals surface area contributed by atoms with Crippen molar-refractivity contribution in [2.75, 3.05) is 13.7 Å². The lowest BCUT2D eigenvalue weighted by molar-refractivity contribution is -0.139. The zero-order chi connectivity index (χ0) is 12.7. The summed E-state index contributed by atoms with van der Waals surface area (Å²) >= 11 is 0. The number of hydrogen-bond acceptors (Lipinski definition) is 5. The van der Waals surface area contributed by atoms with E-state index in [1.165, 1.54) is 7.11 Å². The van der Waals surface area contributed by atoms with Gasteiger partial charge in [0.05, 0.1) is 13.7 Å². The second kappa shape index (κ2) is 6.47. The SMILES string of the molecule is COC(=O)C=CC(=O)OCCn1ccnc1C. The second-order valence-electron chi connectivity index (χ2n) is 3.19. The zero-order valence-corrected chi connectivity index (χ0v) is 9.75. The number of hydrogen-bond donors (Lipinski definition) is 0. The predicted octanol–water partition coefficient (Wildman–Crippen LogP) is 0.464. The van der Waals surface area contributed by atoms with Crippen molar-refractivity contribution in [2.45, 2.75) is 13.5 Å². The van der Waals surface area contributed by atoms with E-state index < -0.39 is 11.9 Å². The van der Waals surface area contributed by atoms with Gasteiger partial charge < -0.3 is 14.0 Å². The highest BCUT2D eigenvalue weighted by Crippen LogP contribution is 1.95. The highest BCUT2D eigenvalue weighted by atomic mass is 16.5. The average Bonchev–Trinajstić information content (AvgIpc) is 2.72. The Morgan fingerprint density at radius 2 is 2.12 bits per heavy atom. The predicted molar refractivity (Wildman–Crippen MR) is 59.1 cm³/mol. The summed E-state index contributed by atoms with van der Waals surface area (Å²) in [6.45, 7) is 2.62. The third-order valence-corrected chi connectivity index (χ3v) is 2.06. The van der Waals surface area contributed by atoms with Gasteiger partial charge in [-0.3, -0.25) is 0 Å². The fourth-order valence-electron chi connectivity index (χ4n) is 1.14. The first-order valence-corrected chi connectivity index (χ1v) is 5.04. The lowest BCUT2D eigenvalue weighted by Gasteiger charge is -2.04. The van der Waals surface area contributed by atoms with Gasteiger partial charge in [-0.25, -0.2) is 14.6 Å². The summed E-state index contributed by atoms with van der Waals surface area (Å²) in [7, 11) is 1.24. The van der Waals surface area contributed by atoms with Gasteiger partial charge in [0.25, 0.3) is 0 Å². The molecular formula is C11H14N2O4. The highest BCUT2D eigenvalue weighted by Gasteiger charge is 2.01. The summed E-state index contributed by atoms with van der Waals surface area (Å²) in [5.41, 5.74) is 0. The summed E-state index contributed by atoms with van der Waals surface area (Å²) in [6.07, 6.45) is 5.53. The summed E-state index contributed by atoms with van der Waals surface area (Å²) in [5.74, 6) is -0.313. The Morgan fingerprint density at radius 1 is 1.41 bits per heavy atom. The zero-order valence-electron chi connectivity index (χ0n) is 9.75. The normalized spacial score (nSPS) is 10.5. The maximum Gasteiger partial charge on any atom is 0.331 e. The Morgan fingerprint density at radius 3 is 2.71 bits per heavy atom. The van der Waals surface area contributed by atoms with Crippen molar-refractivity contribution in [1.29, 1.82) is 0 Å². The van der Waals surface area contributed by atoms with Gasteiger partial charge in [-0.2, -0.15) is 0 Å². The molecule has 0 N–H and O–H groups in total. The van der Waals surface area contributed by atoms with Crippen LogP contribution in [0.2, 0.25) is 0 Å². The minimum Gasteiger partial charge on any atom is -0.466 e. The molecule has 6 heteroatoms. The largest absolute Gasteiger partial charge is 0.466 e. The van der Waals surface area contributed by atoms with Gasteiger partial charge in [0.15, 0.2) is 0 Å². The first-order valence-electron chi connectivity index (χ1n) is 5.04. The van der Waals surface area contributed by atoms with Gasteiger partial charge in [-0.05, 0) is 6.92 Å². The summed E-state index contributed by atoms with van der Waals surface area (Å²) in [5, 5.41) is 0. The van der Waals surface area contributed by atoms with Crippen LogP contribution in [0.4, 0.5) is 0 Å². The molecule has 0 aliphatic heterocycles. The van der Waals surface area contributed by atoms with E-state index in [-0.39, 0.29) is 6.61 Å². The standard InChI is InChI=1S/C11H14N2O4/c1-9-12-5-6-13(9)7-8-17-11(15)4-3-10(14)16-2/h3-6H,7-8H2,1-2H3. The van der Waals surface area contributed by atoms with E-state index in [1.807, 2.05) is 11.5 Å². The Kier molecular flexibility index (Phi) is 4.93. The van der Waals surface area contributed by atoms with Crippen LogP contribution in [0, 0.1) is 6.92 Å². The molecule has 0 saturated heterocycles. The Balaban J connectivity index is 2.27. The number of aryl methyl sites for hydroxylation is 1. The number of imidazole rings is 1. The Labute approximate surface area is 98.9 Å². The second-order valence-corrected chi connectivity index (χ2v) is 3.19. The summed E-state index contributed by atoms with van der Waals surface area (Å²) < 4.78 is 11.1. The van der Waals surface area contributed by atoms with Crippen LogP contribution >= 0.6 is 0 Å². The lowest BCUT2D eigenvalue weighted by atomic mass is 10.5. The molecule has 0 spiro atoms. The van der Waals surface area contributed by atoms with Crippen LogP contribution in [-0.2, 0) is 25.6 Å². The molecule has 17 heavy (non-hydrogen) atoms. The van der Waals surface area contributed by atoms with Crippen LogP contribution in [0.1, 0.15) is 5.82 Å². The van der Waals surface area contributed by atoms with Crippen molar-refractivity contribution in [3.8, 4) is 0 Å². The van der Waals surface area contributed by atoms with Gasteiger partial charge in [-0.15, -0.1) is 0 Å². The topological polar surface area (TPSA) is 70.4 Å². The molecule has 0 saturated carbocycles. The molecule has 0 atom stereocenters. The van der Waals surface area contributed by atoms with E-state index in [0.29, 0.717) is 6.54 Å². The lowest BCUT2D eigenvalue weighted by Crippen LogP contribution is -2.10. The first-order chi connectivity index (χ1) is 8.13. The number of esters is 2. The average molecular weight is 238 g/mol. The van der Waals surface area contributed by atoms with E-state index in [9.17, 15) is 9.59 Å². The third kappa shape index (κ3) is 4.50. The van der Waals surface area contributed by atoms with Crippen LogP contribution in [0.25, 0.3) is 0 Å². The molecule has 1 aromatic rings. The highest BCUT2D eigenvalue weighted by molar-refractivity contribution is 5.91. The molecule has 6 nitrogen and oxygen atoms in total. The van der Waals surface area contributed by atoms with Gasteiger partial charge in [0.2, 0.25) is 0 Å². The van der Waals surface area contributed by atoms with Gasteiger partial charge in [-0.1, -0.05) is 0 Å². The first kappa shape index (κ1) is 13.0. The van der Waals surface area contributed by atoms with Crippen LogP contribution in [-0.4, -0.2) is 35.2 Å². The number of nitrogens with zero attached hydrogens (tertiary/aromatic N) is 2. The van der Waals surface area contributed by atoms with Crippen molar-refractivity contribution in [1.82, 2.24) is 9.55 Å². The van der Waals surface area contributed by atoms with Crippen molar-refractivity contribution in [3.05, 3.63) is 30.4 Å². The minimum atomic E-state index is -0.590. The van der Waals surface area contributed by atoms with Crippen LogP contribution in [0.5, 0.6) is 0 Å². The summed E-state index contributed by atoms with van der Waals surface area (Å²) in [6, 6.07) is 0. The minimum absolute atomic E-state index is 0.224. The van der Waals surface area contributed by atoms with E-state index in [0.717, 1.165) is 18.0 Å². The number of rotatable bonds is 5. The molecule has 0 aliphatic rings. The van der Waals surface area contributed by atoms with E-state index in [4.69, 9.17) is 4.74 Å². The van der Waals surface area contributed by atoms with Crippen LogP contribution < -0.4 is 0 Å². The van der Waals surface area contributed by atoms with E-state index in [1.54, 1.807) is 12.4 Å². The van der Waals surface area contributed by atoms with Crippen molar-refractivity contribution in [2.24, 2.45) is 0 Å². The number of ether oxygens (including phenoxy) is 2. The van der Waals surface area contributed by atoms with Crippen molar-refractivity contribution >= 4 is 11.9 Å². The fourth-order valence-corrected chi connectivity index (χ4v) is 1.14. The van der Waals surface area contributed by atoms with Crippen LogP contribution in [0.15, 0.2) is 24.5 Å². The van der Waals surface area contributed by atoms with E-state index in [2.05, 4.69) is 9.72 Å². The molecule has 0 fully saturated rings. The van der Waals surface area contributed by atoms with Gasteiger partial charge in [0.1, 0.15) is 12.4 Å². The number of aromatic nitrogens is 2. The molecular weight excluding hydrogens is 224 g/mol. The molecule has 0 radical (unpaired) electrons. The monoisotopic (exact) mass is 238 g/mol. The van der Waals surface area contributed by atoms with Crippen LogP contribution in [0.3, 0.4) is 0 Å². The van der Waals surface area contributed by atoms with Crippen molar-refractivity contribution < 1.29 is 19.1 Å². The smallest absolute Gasteiger partial charge is 0.331 e. The molecule has 1 heterocycles. The summed E-state index contributed by atoms with van der Waals surface area (Å²) in [4.78, 5) is 25.9. The quantitative estimate of drug-likeness (QED) is 0.550. The molecule has 1 aromatic heterocycles. The van der Waals surface area contributed by atoms with E-state index >= 15 is 0 Å². The number of methoxy groups -OCH3 is 1. The Hall–Kier alpha value is -2.11. The van der Waals surface area contributed by atoms with Crippen molar-refractivity contribution in [3.63, 3.8) is 0 Å². The molecule has 0 unspecified atom stereocenters. The number of carbonyl (C=O) groups excluding carboxylic acids is 2. The molecule has 92 valence electrons. The Bertz CT molecular complexity index is 423. The molecule has 0 amide bonds. The third-order valence-electron chi connectivity index (χ3n) is 2.06. The maximum absolute atomic E-state index is 11.1. The molecule has 0 aromatic carbocycles. The molecule has 0 aliphatic carbocycles. The fraction of sp³-hybridized carbons (Fsp3) is 0.364. The maximum atomic E-state index is 11.1. The number of carbonyl (C=O) groups is 2. The van der Waals surface area contributed by atoms with Gasteiger partial charge in [0, 0.05) is 24.5 Å². The molecule has 1 rings (SSSR count).